The van der Waals surface area contributed by atoms with Crippen LogP contribution in [0.2, 0.25) is 0 Å². The van der Waals surface area contributed by atoms with E-state index in [9.17, 15) is 0 Å². The molecule has 0 saturated carbocycles. The molecule has 0 unspecified atom stereocenters. The molecule has 1 heterocycles. The topological polar surface area (TPSA) is 24.5 Å². The Hall–Kier alpha value is -1.84. The highest BCUT2D eigenvalue weighted by Crippen LogP contribution is 2.29. The van der Waals surface area contributed by atoms with E-state index in [4.69, 9.17) is 4.74 Å². The molecule has 0 bridgehead atoms. The Kier molecular flexibility index (Phi) is 6.89. The highest BCUT2D eigenvalue weighted by atomic mass is 16.5. The van der Waals surface area contributed by atoms with Crippen LogP contribution >= 0.6 is 0 Å². The summed E-state index contributed by atoms with van der Waals surface area (Å²) in [5.41, 5.74) is 1.42. The van der Waals surface area contributed by atoms with E-state index < -0.39 is 0 Å². The molecule has 134 valence electrons. The number of rotatable bonds is 8. The van der Waals surface area contributed by atoms with Crippen LogP contribution in [0.3, 0.4) is 0 Å². The zero-order valence-electron chi connectivity index (χ0n) is 15.3. The molecule has 3 rings (SSSR count). The Labute approximate surface area is 152 Å². The lowest BCUT2D eigenvalue weighted by Gasteiger charge is -2.35. The van der Waals surface area contributed by atoms with Gasteiger partial charge < -0.3 is 10.1 Å². The summed E-state index contributed by atoms with van der Waals surface area (Å²) in [6, 6.07) is 19.2. The minimum atomic E-state index is 0.527. The number of hydrogen-bond donors (Lipinski definition) is 1. The van der Waals surface area contributed by atoms with Crippen LogP contribution in [0.25, 0.3) is 0 Å². The first-order valence-corrected chi connectivity index (χ1v) is 9.64. The lowest BCUT2D eigenvalue weighted by atomic mass is 9.98. The summed E-state index contributed by atoms with van der Waals surface area (Å²) in [6.45, 7) is 6.74. The van der Waals surface area contributed by atoms with Crippen molar-refractivity contribution in [1.29, 1.82) is 0 Å². The molecule has 0 radical (unpaired) electrons. The van der Waals surface area contributed by atoms with E-state index in [1.54, 1.807) is 0 Å². The van der Waals surface area contributed by atoms with E-state index in [1.165, 1.54) is 31.2 Å². The van der Waals surface area contributed by atoms with Crippen LogP contribution in [0.1, 0.15) is 44.2 Å². The molecule has 0 aromatic heterocycles. The second kappa shape index (κ2) is 9.59. The number of hydrogen-bond acceptors (Lipinski definition) is 3. The van der Waals surface area contributed by atoms with Gasteiger partial charge in [0.1, 0.15) is 11.5 Å². The van der Waals surface area contributed by atoms with Crippen molar-refractivity contribution in [2.24, 2.45) is 0 Å². The van der Waals surface area contributed by atoms with E-state index in [1.807, 2.05) is 30.3 Å². The minimum Gasteiger partial charge on any atom is -0.457 e. The number of nitrogens with zero attached hydrogens (tertiary/aromatic N) is 1. The van der Waals surface area contributed by atoms with Crippen LogP contribution in [0.5, 0.6) is 11.5 Å². The molecule has 0 spiro atoms. The summed E-state index contributed by atoms with van der Waals surface area (Å²) in [7, 11) is 0. The van der Waals surface area contributed by atoms with Gasteiger partial charge >= 0.3 is 0 Å². The first-order chi connectivity index (χ1) is 12.4. The first kappa shape index (κ1) is 18.0. The van der Waals surface area contributed by atoms with Gasteiger partial charge in [-0.3, -0.25) is 4.90 Å². The molecule has 0 aliphatic carbocycles. The van der Waals surface area contributed by atoms with E-state index >= 15 is 0 Å². The second-order valence-electron chi connectivity index (χ2n) is 6.78. The van der Waals surface area contributed by atoms with Gasteiger partial charge in [-0.05, 0) is 36.2 Å². The number of piperazine rings is 1. The molecule has 3 heteroatoms. The summed E-state index contributed by atoms with van der Waals surface area (Å²) >= 11 is 0. The summed E-state index contributed by atoms with van der Waals surface area (Å²) < 4.78 is 5.93. The monoisotopic (exact) mass is 338 g/mol. The predicted octanol–water partition coefficient (Wildman–Crippen LogP) is 5.01. The van der Waals surface area contributed by atoms with Gasteiger partial charge in [-0.2, -0.15) is 0 Å². The third-order valence-corrected chi connectivity index (χ3v) is 4.92. The fourth-order valence-electron chi connectivity index (χ4n) is 3.52. The maximum atomic E-state index is 5.93. The normalized spacial score (nSPS) is 16.5. The highest BCUT2D eigenvalue weighted by molar-refractivity contribution is 5.34. The van der Waals surface area contributed by atoms with Crippen molar-refractivity contribution < 1.29 is 4.74 Å². The molecule has 1 aliphatic heterocycles. The zero-order chi connectivity index (χ0) is 17.3. The van der Waals surface area contributed by atoms with Gasteiger partial charge in [-0.25, -0.2) is 0 Å². The lowest BCUT2D eigenvalue weighted by molar-refractivity contribution is 0.162. The SMILES string of the molecule is CCCCC[C@@H](c1ccc(Oc2ccccc2)cc1)N1CCNCC1. The maximum absolute atomic E-state index is 5.93. The Bertz CT molecular complexity index is 606. The largest absolute Gasteiger partial charge is 0.457 e. The van der Waals surface area contributed by atoms with Crippen molar-refractivity contribution in [2.75, 3.05) is 26.2 Å². The summed E-state index contributed by atoms with van der Waals surface area (Å²) in [5.74, 6) is 1.79. The summed E-state index contributed by atoms with van der Waals surface area (Å²) in [6.07, 6.45) is 5.13. The third kappa shape index (κ3) is 5.32. The molecule has 1 N–H and O–H groups in total. The van der Waals surface area contributed by atoms with Gasteiger partial charge in [0.25, 0.3) is 0 Å². The smallest absolute Gasteiger partial charge is 0.127 e. The van der Waals surface area contributed by atoms with Crippen LogP contribution < -0.4 is 10.1 Å². The minimum absolute atomic E-state index is 0.527. The van der Waals surface area contributed by atoms with Crippen molar-refractivity contribution in [2.45, 2.75) is 38.6 Å². The van der Waals surface area contributed by atoms with Crippen LogP contribution in [0.4, 0.5) is 0 Å². The van der Waals surface area contributed by atoms with Gasteiger partial charge in [-0.15, -0.1) is 0 Å². The van der Waals surface area contributed by atoms with E-state index in [2.05, 4.69) is 41.4 Å². The van der Waals surface area contributed by atoms with Crippen molar-refractivity contribution in [3.05, 3.63) is 60.2 Å². The molecule has 1 saturated heterocycles. The van der Waals surface area contributed by atoms with Crippen LogP contribution in [-0.4, -0.2) is 31.1 Å². The highest BCUT2D eigenvalue weighted by Gasteiger charge is 2.21. The fraction of sp³-hybridized carbons (Fsp3) is 0.455. The van der Waals surface area contributed by atoms with Gasteiger partial charge in [0, 0.05) is 32.2 Å². The van der Waals surface area contributed by atoms with Crippen LogP contribution in [-0.2, 0) is 0 Å². The maximum Gasteiger partial charge on any atom is 0.127 e. The van der Waals surface area contributed by atoms with E-state index in [0.29, 0.717) is 6.04 Å². The lowest BCUT2D eigenvalue weighted by Crippen LogP contribution is -2.45. The number of nitrogens with one attached hydrogen (secondary N) is 1. The first-order valence-electron chi connectivity index (χ1n) is 9.64. The Morgan fingerprint density at radius 2 is 1.60 bits per heavy atom. The van der Waals surface area contributed by atoms with Crippen molar-refractivity contribution >= 4 is 0 Å². The standard InChI is InChI=1S/C22H30N2O/c1-2-3-5-10-22(24-17-15-23-16-18-24)19-11-13-21(14-12-19)25-20-8-6-4-7-9-20/h4,6-9,11-14,22-23H,2-3,5,10,15-18H2,1H3/t22-/m0/s1. The van der Waals surface area contributed by atoms with Gasteiger partial charge in [0.2, 0.25) is 0 Å². The fourth-order valence-corrected chi connectivity index (χ4v) is 3.52. The Morgan fingerprint density at radius 3 is 2.28 bits per heavy atom. The van der Waals surface area contributed by atoms with Crippen molar-refractivity contribution in [1.82, 2.24) is 10.2 Å². The molecule has 1 atom stereocenters. The van der Waals surface area contributed by atoms with Gasteiger partial charge in [0.15, 0.2) is 0 Å². The average molecular weight is 338 g/mol. The number of benzene rings is 2. The molecule has 2 aromatic carbocycles. The van der Waals surface area contributed by atoms with Crippen LogP contribution in [0, 0.1) is 0 Å². The Morgan fingerprint density at radius 1 is 0.920 bits per heavy atom. The molecular formula is C22H30N2O. The molecule has 25 heavy (non-hydrogen) atoms. The van der Waals surface area contributed by atoms with Gasteiger partial charge in [0.05, 0.1) is 0 Å². The molecule has 1 fully saturated rings. The summed E-state index contributed by atoms with van der Waals surface area (Å²) in [5, 5.41) is 3.46. The van der Waals surface area contributed by atoms with Gasteiger partial charge in [-0.1, -0.05) is 56.5 Å². The molecule has 0 amide bonds. The van der Waals surface area contributed by atoms with Crippen molar-refractivity contribution in [3.63, 3.8) is 0 Å². The second-order valence-corrected chi connectivity index (χ2v) is 6.78. The molecule has 2 aromatic rings. The zero-order valence-corrected chi connectivity index (χ0v) is 15.3. The predicted molar refractivity (Wildman–Crippen MR) is 104 cm³/mol. The number of para-hydroxylation sites is 1. The van der Waals surface area contributed by atoms with E-state index in [-0.39, 0.29) is 0 Å². The van der Waals surface area contributed by atoms with Crippen LogP contribution in [0.15, 0.2) is 54.6 Å². The Balaban J connectivity index is 1.68. The number of unbranched alkanes of at least 4 members (excludes halogenated alkanes) is 2. The quantitative estimate of drug-likeness (QED) is 0.685. The average Bonchev–Trinajstić information content (AvgIpc) is 2.68. The third-order valence-electron chi connectivity index (χ3n) is 4.92. The molecule has 3 nitrogen and oxygen atoms in total. The summed E-state index contributed by atoms with van der Waals surface area (Å²) in [4.78, 5) is 2.64. The molecule has 1 aliphatic rings. The molecular weight excluding hydrogens is 308 g/mol. The number of ether oxygens (including phenoxy) is 1. The van der Waals surface area contributed by atoms with Crippen molar-refractivity contribution in [3.8, 4) is 11.5 Å². The van der Waals surface area contributed by atoms with E-state index in [0.717, 1.165) is 37.7 Å².